The van der Waals surface area contributed by atoms with Gasteiger partial charge in [-0.15, -0.1) is 11.8 Å². The second-order valence-electron chi connectivity index (χ2n) is 1.75. The van der Waals surface area contributed by atoms with E-state index in [0.29, 0.717) is 0 Å². The zero-order valence-electron chi connectivity index (χ0n) is 5.17. The van der Waals surface area contributed by atoms with Crippen LogP contribution in [0.2, 0.25) is 0 Å². The van der Waals surface area contributed by atoms with Crippen LogP contribution in [0.25, 0.3) is 0 Å². The topological polar surface area (TPSA) is 21.3 Å². The molecule has 0 radical (unpaired) electrons. The number of nitrogens with one attached hydrogen (secondary N) is 1. The fourth-order valence-electron chi connectivity index (χ4n) is 0.668. The lowest BCUT2D eigenvalue weighted by atomic mass is 10.8. The van der Waals surface area contributed by atoms with Crippen LogP contribution in [0.3, 0.4) is 0 Å². The normalized spacial score (nSPS) is 27.0. The van der Waals surface area contributed by atoms with Crippen molar-refractivity contribution in [1.82, 2.24) is 5.32 Å². The van der Waals surface area contributed by atoms with Gasteiger partial charge in [-0.3, -0.25) is 5.32 Å². The quantitative estimate of drug-likeness (QED) is 0.596. The monoisotopic (exact) mass is 165 g/mol. The van der Waals surface area contributed by atoms with Crippen LogP contribution >= 0.6 is 24.4 Å². The van der Waals surface area contributed by atoms with Crippen molar-refractivity contribution in [3.63, 3.8) is 0 Å². The van der Waals surface area contributed by atoms with Crippen molar-refractivity contribution in [1.29, 1.82) is 0 Å². The molecule has 1 fully saturated rings. The first-order valence-electron chi connectivity index (χ1n) is 3.01. The Morgan fingerprint density at radius 1 is 1.78 bits per heavy atom. The molecule has 0 saturated carbocycles. The number of hydrogen-bond donors (Lipinski definition) is 2. The third-order valence-corrected chi connectivity index (χ3v) is 2.27. The maximum atomic E-state index is 5.33. The van der Waals surface area contributed by atoms with Gasteiger partial charge in [0.2, 0.25) is 0 Å². The average molecular weight is 165 g/mol. The highest BCUT2D eigenvalue weighted by Crippen LogP contribution is 2.13. The first-order valence-corrected chi connectivity index (χ1v) is 4.69. The molecule has 0 aromatic rings. The van der Waals surface area contributed by atoms with Gasteiger partial charge in [-0.05, 0) is 0 Å². The zero-order valence-corrected chi connectivity index (χ0v) is 6.88. The van der Waals surface area contributed by atoms with Crippen LogP contribution in [0.1, 0.15) is 0 Å². The van der Waals surface area contributed by atoms with Gasteiger partial charge in [0, 0.05) is 18.1 Å². The predicted molar refractivity (Wildman–Crippen MR) is 44.1 cm³/mol. The van der Waals surface area contributed by atoms with Gasteiger partial charge in [-0.1, -0.05) is 0 Å². The van der Waals surface area contributed by atoms with Crippen LogP contribution in [0, 0.1) is 0 Å². The molecule has 2 nitrogen and oxygen atoms in total. The number of rotatable bonds is 3. The van der Waals surface area contributed by atoms with Gasteiger partial charge in [0.05, 0.1) is 6.61 Å². The highest BCUT2D eigenvalue weighted by molar-refractivity contribution is 7.99. The van der Waals surface area contributed by atoms with Gasteiger partial charge in [0.15, 0.2) is 5.56 Å². The van der Waals surface area contributed by atoms with E-state index in [0.717, 1.165) is 24.7 Å². The Bertz CT molecular complexity index is 75.4. The average Bonchev–Trinajstić information content (AvgIpc) is 2.34. The third kappa shape index (κ3) is 2.80. The van der Waals surface area contributed by atoms with Crippen molar-refractivity contribution in [3.8, 4) is 0 Å². The molecule has 0 spiro atoms. The highest BCUT2D eigenvalue weighted by atomic mass is 32.2. The highest BCUT2D eigenvalue weighted by Gasteiger charge is 2.13. The lowest BCUT2D eigenvalue weighted by Crippen LogP contribution is -2.23. The smallest absolute Gasteiger partial charge is 0.156 e. The van der Waals surface area contributed by atoms with E-state index < -0.39 is 0 Å². The van der Waals surface area contributed by atoms with E-state index >= 15 is 0 Å². The van der Waals surface area contributed by atoms with Gasteiger partial charge >= 0.3 is 0 Å². The molecule has 1 N–H and O–H groups in total. The van der Waals surface area contributed by atoms with E-state index in [1.54, 1.807) is 0 Å². The maximum absolute atomic E-state index is 5.33. The Morgan fingerprint density at radius 2 is 2.67 bits per heavy atom. The van der Waals surface area contributed by atoms with Crippen LogP contribution in [0.4, 0.5) is 0 Å². The number of thioether (sulfide) groups is 1. The lowest BCUT2D eigenvalue weighted by Gasteiger charge is -2.08. The second-order valence-corrected chi connectivity index (χ2v) is 3.37. The molecule has 1 aliphatic rings. The summed E-state index contributed by atoms with van der Waals surface area (Å²) in [6.07, 6.45) is 0. The molecule has 0 aromatic carbocycles. The molecule has 4 heteroatoms. The van der Waals surface area contributed by atoms with Crippen LogP contribution in [-0.2, 0) is 4.74 Å². The summed E-state index contributed by atoms with van der Waals surface area (Å²) in [5.74, 6) is 1.97. The summed E-state index contributed by atoms with van der Waals surface area (Å²) in [6.45, 7) is 1.82. The molecule has 0 aromatic heterocycles. The van der Waals surface area contributed by atoms with Crippen LogP contribution in [0.5, 0.6) is 0 Å². The van der Waals surface area contributed by atoms with Gasteiger partial charge in [0.25, 0.3) is 0 Å². The first kappa shape index (κ1) is 7.72. The first-order chi connectivity index (χ1) is 4.43. The van der Waals surface area contributed by atoms with Crippen LogP contribution in [-0.4, -0.2) is 30.2 Å². The summed E-state index contributed by atoms with van der Waals surface area (Å²) in [5.41, 5.74) is 0.233. The summed E-state index contributed by atoms with van der Waals surface area (Å²) in [5, 5.41) is 3.20. The van der Waals surface area contributed by atoms with E-state index in [9.17, 15) is 0 Å². The Balaban J connectivity index is 1.98. The largest absolute Gasteiger partial charge is 0.353 e. The molecule has 1 saturated heterocycles. The van der Waals surface area contributed by atoms with E-state index in [2.05, 4.69) is 17.9 Å². The molecule has 9 heavy (non-hydrogen) atoms. The second kappa shape index (κ2) is 4.44. The SMILES string of the molecule is SCCOC1NCCS1. The van der Waals surface area contributed by atoms with Gasteiger partial charge in [-0.25, -0.2) is 0 Å². The minimum atomic E-state index is 0.233. The molecule has 54 valence electrons. The Labute approximate surface area is 65.1 Å². The molecule has 1 heterocycles. The summed E-state index contributed by atoms with van der Waals surface area (Å²) < 4.78 is 5.33. The molecule has 1 rings (SSSR count). The summed E-state index contributed by atoms with van der Waals surface area (Å²) in [6, 6.07) is 0. The van der Waals surface area contributed by atoms with Crippen molar-refractivity contribution in [3.05, 3.63) is 0 Å². The molecule has 0 amide bonds. The van der Waals surface area contributed by atoms with Crippen LogP contribution in [0.15, 0.2) is 0 Å². The van der Waals surface area contributed by atoms with Crippen LogP contribution < -0.4 is 5.32 Å². The molecule has 0 aliphatic carbocycles. The summed E-state index contributed by atoms with van der Waals surface area (Å²) in [7, 11) is 0. The van der Waals surface area contributed by atoms with Crippen molar-refractivity contribution in [2.24, 2.45) is 0 Å². The molecule has 0 bridgehead atoms. The molecule has 1 aliphatic heterocycles. The van der Waals surface area contributed by atoms with Gasteiger partial charge < -0.3 is 4.74 Å². The zero-order chi connectivity index (χ0) is 6.53. The van der Waals surface area contributed by atoms with E-state index in [1.807, 2.05) is 11.8 Å². The van der Waals surface area contributed by atoms with Crippen molar-refractivity contribution in [2.45, 2.75) is 5.56 Å². The maximum Gasteiger partial charge on any atom is 0.156 e. The van der Waals surface area contributed by atoms with Crippen molar-refractivity contribution >= 4 is 24.4 Å². The standard InChI is InChI=1S/C5H11NOS2/c8-3-2-7-5-6-1-4-9-5/h5-6,8H,1-4H2. The van der Waals surface area contributed by atoms with Gasteiger partial charge in [-0.2, -0.15) is 12.6 Å². The van der Waals surface area contributed by atoms with E-state index in [1.165, 1.54) is 0 Å². The fourth-order valence-corrected chi connectivity index (χ4v) is 1.65. The molecular formula is C5H11NOS2. The van der Waals surface area contributed by atoms with E-state index in [4.69, 9.17) is 4.74 Å². The molecular weight excluding hydrogens is 154 g/mol. The summed E-state index contributed by atoms with van der Waals surface area (Å²) >= 11 is 5.85. The van der Waals surface area contributed by atoms with Crippen molar-refractivity contribution < 1.29 is 4.74 Å². The Hall–Kier alpha value is 0.620. The number of ether oxygens (including phenoxy) is 1. The summed E-state index contributed by atoms with van der Waals surface area (Å²) in [4.78, 5) is 0. The molecule has 1 unspecified atom stereocenters. The van der Waals surface area contributed by atoms with E-state index in [-0.39, 0.29) is 5.56 Å². The van der Waals surface area contributed by atoms with Gasteiger partial charge in [0.1, 0.15) is 0 Å². The number of thiol groups is 1. The minimum Gasteiger partial charge on any atom is -0.353 e. The predicted octanol–water partition coefficient (Wildman–Crippen LogP) is 0.553. The molecule has 1 atom stereocenters. The lowest BCUT2D eigenvalue weighted by molar-refractivity contribution is 0.111. The minimum absolute atomic E-state index is 0.233. The van der Waals surface area contributed by atoms with Crippen molar-refractivity contribution in [2.75, 3.05) is 24.7 Å². The Morgan fingerprint density at radius 3 is 3.22 bits per heavy atom. The fraction of sp³-hybridized carbons (Fsp3) is 1.00. The third-order valence-electron chi connectivity index (χ3n) is 1.04. The number of hydrogen-bond acceptors (Lipinski definition) is 4. The Kier molecular flexibility index (Phi) is 3.81.